The molecule has 6 aromatic carbocycles. The van der Waals surface area contributed by atoms with Crippen LogP contribution in [0, 0.1) is 5.92 Å². The van der Waals surface area contributed by atoms with Gasteiger partial charge in [0.2, 0.25) is 0 Å². The van der Waals surface area contributed by atoms with E-state index in [1.54, 1.807) is 0 Å². The maximum absolute atomic E-state index is 6.01. The van der Waals surface area contributed by atoms with Crippen LogP contribution >= 0.6 is 0 Å². The zero-order valence-corrected chi connectivity index (χ0v) is 41.8. The first-order valence-electron chi connectivity index (χ1n) is 25.8. The Balaban J connectivity index is 1.00. The molecule has 0 N–H and O–H groups in total. The highest BCUT2D eigenvalue weighted by Crippen LogP contribution is 2.64. The molecule has 3 aromatic heterocycles. The van der Waals surface area contributed by atoms with Crippen LogP contribution in [-0.4, -0.2) is 48.7 Å². The lowest BCUT2D eigenvalue weighted by Crippen LogP contribution is -2.64. The normalized spacial score (nSPS) is 21.6. The number of nitrogens with zero attached hydrogens (tertiary/aromatic N) is 6. The van der Waals surface area contributed by atoms with Crippen LogP contribution in [0.15, 0.2) is 234 Å². The van der Waals surface area contributed by atoms with E-state index < -0.39 is 16.6 Å². The van der Waals surface area contributed by atoms with Gasteiger partial charge in [-0.1, -0.05) is 182 Å². The maximum Gasteiger partial charge on any atom is 0.0916 e. The van der Waals surface area contributed by atoms with Gasteiger partial charge < -0.3 is 0 Å². The Labute approximate surface area is 429 Å². The van der Waals surface area contributed by atoms with Crippen LogP contribution in [0.2, 0.25) is 0 Å². The molecule has 9 aromatic rings. The van der Waals surface area contributed by atoms with Crippen molar-refractivity contribution in [2.75, 3.05) is 0 Å². The van der Waals surface area contributed by atoms with Crippen LogP contribution in [-0.2, 0) is 0 Å². The largest absolute Gasteiger partial charge is 0.283 e. The molecule has 4 saturated carbocycles. The summed E-state index contributed by atoms with van der Waals surface area (Å²) in [6.07, 6.45) is 11.6. The molecule has 356 valence electrons. The number of rotatable bonds is 12. The van der Waals surface area contributed by atoms with Crippen LogP contribution in [0.5, 0.6) is 0 Å². The lowest BCUT2D eigenvalue weighted by Gasteiger charge is -2.63. The minimum Gasteiger partial charge on any atom is -0.283 e. The topological polar surface area (TPSA) is 75.8 Å². The predicted octanol–water partition coefficient (Wildman–Crippen LogP) is 15.9. The van der Waals surface area contributed by atoms with Crippen molar-refractivity contribution in [1.29, 1.82) is 0 Å². The number of hydrogen-bond acceptors (Lipinski definition) is 6. The standard InChI is InChI=1S/C67H58N6/c1-46(60-41-68-62(54-30-18-8-19-31-54)35-57(60)51-24-12-5-13-25-51)71-65-37-49-38-66(43-65,72-47(2)61-42-69-63(55-32-20-9-21-33-55)36-58(61)52-26-14-6-15-27-52)45-67(39-49,44-65)73-48(3)64-59(53-28-16-7-17-29-53)34-56(40-70-64)50-22-10-4-11-23-50/h4-36,40-42,49H,37-39,43-45H2,1-3H3. The molecule has 4 bridgehead atoms. The van der Waals surface area contributed by atoms with Gasteiger partial charge >= 0.3 is 0 Å². The van der Waals surface area contributed by atoms with E-state index in [0.717, 1.165) is 140 Å². The van der Waals surface area contributed by atoms with E-state index in [1.165, 1.54) is 0 Å². The average molecular weight is 947 g/mol. The van der Waals surface area contributed by atoms with Crippen molar-refractivity contribution in [3.05, 3.63) is 236 Å². The van der Waals surface area contributed by atoms with Crippen molar-refractivity contribution in [2.45, 2.75) is 75.9 Å². The van der Waals surface area contributed by atoms with Crippen molar-refractivity contribution >= 4 is 17.1 Å². The van der Waals surface area contributed by atoms with E-state index in [0.29, 0.717) is 5.92 Å². The molecule has 2 atom stereocenters. The number of aromatic nitrogens is 3. The van der Waals surface area contributed by atoms with Gasteiger partial charge in [0.15, 0.2) is 0 Å². The highest BCUT2D eigenvalue weighted by Gasteiger charge is 2.64. The Morgan fingerprint density at radius 2 is 0.699 bits per heavy atom. The van der Waals surface area contributed by atoms with Gasteiger partial charge in [0, 0.05) is 63.4 Å². The molecule has 3 heterocycles. The van der Waals surface area contributed by atoms with Gasteiger partial charge in [-0.3, -0.25) is 29.9 Å². The lowest BCUT2D eigenvalue weighted by molar-refractivity contribution is -0.0300. The smallest absolute Gasteiger partial charge is 0.0916 e. The Hall–Kier alpha value is -8.22. The summed E-state index contributed by atoms with van der Waals surface area (Å²) in [6.45, 7) is 6.57. The lowest BCUT2D eigenvalue weighted by atomic mass is 9.47. The summed E-state index contributed by atoms with van der Waals surface area (Å²) in [6, 6.07) is 70.3. The Morgan fingerprint density at radius 3 is 1.10 bits per heavy atom. The van der Waals surface area contributed by atoms with E-state index in [2.05, 4.69) is 221 Å². The third kappa shape index (κ3) is 9.19. The summed E-state index contributed by atoms with van der Waals surface area (Å²) < 4.78 is 0. The van der Waals surface area contributed by atoms with Crippen molar-refractivity contribution < 1.29 is 0 Å². The third-order valence-electron chi connectivity index (χ3n) is 15.5. The summed E-state index contributed by atoms with van der Waals surface area (Å²) in [5, 5.41) is 0. The molecule has 4 aliphatic rings. The van der Waals surface area contributed by atoms with Gasteiger partial charge in [-0.15, -0.1) is 0 Å². The molecule has 2 unspecified atom stereocenters. The zero-order chi connectivity index (χ0) is 49.4. The molecule has 0 amide bonds. The molecule has 0 aliphatic heterocycles. The van der Waals surface area contributed by atoms with E-state index in [-0.39, 0.29) is 0 Å². The van der Waals surface area contributed by atoms with Crippen LogP contribution in [0.1, 0.15) is 76.1 Å². The molecule has 13 rings (SSSR count). The van der Waals surface area contributed by atoms with E-state index in [1.807, 2.05) is 18.6 Å². The fourth-order valence-corrected chi connectivity index (χ4v) is 13.0. The second-order valence-electron chi connectivity index (χ2n) is 20.8. The van der Waals surface area contributed by atoms with Crippen molar-refractivity contribution in [1.82, 2.24) is 15.0 Å². The number of hydrogen-bond donors (Lipinski definition) is 0. The third-order valence-corrected chi connectivity index (χ3v) is 15.5. The monoisotopic (exact) mass is 946 g/mol. The average Bonchev–Trinajstić information content (AvgIpc) is 3.43. The highest BCUT2D eigenvalue weighted by atomic mass is 15.1. The summed E-state index contributed by atoms with van der Waals surface area (Å²) in [5.41, 5.74) is 17.8. The van der Waals surface area contributed by atoms with Crippen molar-refractivity contribution in [3.63, 3.8) is 0 Å². The van der Waals surface area contributed by atoms with Gasteiger partial charge in [-0.25, -0.2) is 0 Å². The molecular formula is C67H58N6. The Morgan fingerprint density at radius 1 is 0.356 bits per heavy atom. The Kier molecular flexibility index (Phi) is 12.0. The van der Waals surface area contributed by atoms with E-state index >= 15 is 0 Å². The summed E-state index contributed by atoms with van der Waals surface area (Å²) in [4.78, 5) is 33.5. The van der Waals surface area contributed by atoms with Gasteiger partial charge in [-0.05, 0) is 117 Å². The molecule has 4 aliphatic carbocycles. The van der Waals surface area contributed by atoms with Gasteiger partial charge in [0.05, 0.1) is 39.4 Å². The van der Waals surface area contributed by atoms with Crippen LogP contribution < -0.4 is 0 Å². The first kappa shape index (κ1) is 45.9. The molecule has 6 heteroatoms. The summed E-state index contributed by atoms with van der Waals surface area (Å²) in [7, 11) is 0. The van der Waals surface area contributed by atoms with E-state index in [9.17, 15) is 0 Å². The van der Waals surface area contributed by atoms with E-state index in [4.69, 9.17) is 29.9 Å². The minimum absolute atomic E-state index is 0.377. The molecular weight excluding hydrogens is 889 g/mol. The number of pyridine rings is 3. The maximum atomic E-state index is 6.01. The summed E-state index contributed by atoms with van der Waals surface area (Å²) >= 11 is 0. The fraction of sp³-hybridized carbons (Fsp3) is 0.194. The Bertz CT molecular complexity index is 3150. The molecule has 73 heavy (non-hydrogen) atoms. The molecule has 0 radical (unpaired) electrons. The van der Waals surface area contributed by atoms with Crippen molar-refractivity contribution in [3.8, 4) is 67.0 Å². The number of aliphatic imine (C=N–C) groups is 3. The summed E-state index contributed by atoms with van der Waals surface area (Å²) in [5.74, 6) is 0.377. The molecule has 6 nitrogen and oxygen atoms in total. The molecule has 0 saturated heterocycles. The SMILES string of the molecule is CC(=NC12CC3CC(N=C(C)c4cnc(-c5ccccc5)cc4-c4ccccc4)(C1)CC(N=C(C)c1ncc(-c4ccccc4)cc1-c1ccccc1)(C3)C2)c1cnc(-c2ccccc2)cc1-c1ccccc1. The predicted molar refractivity (Wildman–Crippen MR) is 301 cm³/mol. The van der Waals surface area contributed by atoms with Gasteiger partial charge in [0.25, 0.3) is 0 Å². The van der Waals surface area contributed by atoms with Crippen LogP contribution in [0.25, 0.3) is 67.0 Å². The second kappa shape index (κ2) is 19.1. The molecule has 4 fully saturated rings. The highest BCUT2D eigenvalue weighted by molar-refractivity contribution is 6.06. The second-order valence-corrected chi connectivity index (χ2v) is 20.8. The fourth-order valence-electron chi connectivity index (χ4n) is 13.0. The zero-order valence-electron chi connectivity index (χ0n) is 41.8. The van der Waals surface area contributed by atoms with Gasteiger partial charge in [0.1, 0.15) is 0 Å². The van der Waals surface area contributed by atoms with Crippen LogP contribution in [0.4, 0.5) is 0 Å². The number of benzene rings is 6. The molecule has 0 spiro atoms. The minimum atomic E-state index is -0.417. The van der Waals surface area contributed by atoms with Crippen LogP contribution in [0.3, 0.4) is 0 Å². The first-order valence-corrected chi connectivity index (χ1v) is 25.8. The van der Waals surface area contributed by atoms with Crippen molar-refractivity contribution in [2.24, 2.45) is 20.9 Å². The van der Waals surface area contributed by atoms with Gasteiger partial charge in [-0.2, -0.15) is 0 Å². The quantitative estimate of drug-likeness (QED) is 0.115. The first-order chi connectivity index (χ1) is 35.7.